The molecular weight excluding hydrogens is 160 g/mol. The van der Waals surface area contributed by atoms with Crippen molar-refractivity contribution in [3.63, 3.8) is 0 Å². The molecule has 2 N–H and O–H groups in total. The zero-order valence-electron chi connectivity index (χ0n) is 7.80. The molecular formula is C11H14N2. The van der Waals surface area contributed by atoms with Gasteiger partial charge in [0.2, 0.25) is 0 Å². The average molecular weight is 174 g/mol. The summed E-state index contributed by atoms with van der Waals surface area (Å²) in [7, 11) is 0. The summed E-state index contributed by atoms with van der Waals surface area (Å²) in [6, 6.07) is 9.85. The molecule has 0 saturated heterocycles. The van der Waals surface area contributed by atoms with Crippen molar-refractivity contribution in [3.05, 3.63) is 42.6 Å². The van der Waals surface area contributed by atoms with E-state index in [1.807, 2.05) is 30.3 Å². The molecule has 13 heavy (non-hydrogen) atoms. The van der Waals surface area contributed by atoms with Crippen LogP contribution in [0.25, 0.3) is 0 Å². The van der Waals surface area contributed by atoms with Crippen molar-refractivity contribution in [1.82, 2.24) is 0 Å². The van der Waals surface area contributed by atoms with Crippen molar-refractivity contribution in [2.45, 2.75) is 13.3 Å². The van der Waals surface area contributed by atoms with E-state index in [2.05, 4.69) is 11.9 Å². The first-order chi connectivity index (χ1) is 6.18. The van der Waals surface area contributed by atoms with Crippen molar-refractivity contribution in [2.24, 2.45) is 0 Å². The molecule has 0 aliphatic rings. The number of nitrogens with one attached hydrogen (secondary N) is 2. The standard InChI is InChI=1S/C11H14N2/c1-9(12)8-10(2)13-11-6-4-3-5-7-11/h3-7,12-13H,2,8H2,1H3. The predicted molar refractivity (Wildman–Crippen MR) is 57.2 cm³/mol. The Morgan fingerprint density at radius 3 is 2.54 bits per heavy atom. The van der Waals surface area contributed by atoms with Crippen LogP contribution >= 0.6 is 0 Å². The van der Waals surface area contributed by atoms with Gasteiger partial charge in [-0.3, -0.25) is 0 Å². The Labute approximate surface area is 78.8 Å². The van der Waals surface area contributed by atoms with Gasteiger partial charge in [-0.25, -0.2) is 0 Å². The minimum absolute atomic E-state index is 0.606. The van der Waals surface area contributed by atoms with Crippen molar-refractivity contribution in [3.8, 4) is 0 Å². The molecule has 1 aromatic carbocycles. The summed E-state index contributed by atoms with van der Waals surface area (Å²) in [6.45, 7) is 5.61. The number of para-hydroxylation sites is 1. The molecule has 0 fully saturated rings. The fourth-order valence-corrected chi connectivity index (χ4v) is 1.09. The molecule has 0 bridgehead atoms. The summed E-state index contributed by atoms with van der Waals surface area (Å²) in [6.07, 6.45) is 0.606. The normalized spacial score (nSPS) is 9.31. The minimum Gasteiger partial charge on any atom is -0.359 e. The lowest BCUT2D eigenvalue weighted by molar-refractivity contribution is 1.23. The van der Waals surface area contributed by atoms with Crippen molar-refractivity contribution < 1.29 is 0 Å². The van der Waals surface area contributed by atoms with E-state index in [9.17, 15) is 0 Å². The Hall–Kier alpha value is -1.57. The molecule has 0 aliphatic heterocycles. The zero-order valence-corrected chi connectivity index (χ0v) is 7.80. The fourth-order valence-electron chi connectivity index (χ4n) is 1.09. The lowest BCUT2D eigenvalue weighted by Gasteiger charge is -2.07. The largest absolute Gasteiger partial charge is 0.359 e. The third kappa shape index (κ3) is 3.56. The van der Waals surface area contributed by atoms with Gasteiger partial charge in [0.15, 0.2) is 0 Å². The summed E-state index contributed by atoms with van der Waals surface area (Å²) in [5.41, 5.74) is 2.50. The molecule has 0 saturated carbocycles. The van der Waals surface area contributed by atoms with E-state index < -0.39 is 0 Å². The molecule has 0 aromatic heterocycles. The molecule has 2 heteroatoms. The Morgan fingerprint density at radius 2 is 2.00 bits per heavy atom. The van der Waals surface area contributed by atoms with Gasteiger partial charge in [-0.15, -0.1) is 0 Å². The van der Waals surface area contributed by atoms with Crippen LogP contribution in [0.2, 0.25) is 0 Å². The summed E-state index contributed by atoms with van der Waals surface area (Å²) < 4.78 is 0. The van der Waals surface area contributed by atoms with Crippen LogP contribution in [0.15, 0.2) is 42.6 Å². The van der Waals surface area contributed by atoms with Crippen LogP contribution in [0.1, 0.15) is 13.3 Å². The van der Waals surface area contributed by atoms with Gasteiger partial charge in [-0.05, 0) is 19.1 Å². The zero-order chi connectivity index (χ0) is 9.68. The minimum atomic E-state index is 0.606. The second kappa shape index (κ2) is 4.45. The van der Waals surface area contributed by atoms with Crippen LogP contribution in [0.5, 0.6) is 0 Å². The van der Waals surface area contributed by atoms with E-state index in [4.69, 9.17) is 5.41 Å². The summed E-state index contributed by atoms with van der Waals surface area (Å²) in [5, 5.41) is 10.4. The van der Waals surface area contributed by atoms with Crippen LogP contribution < -0.4 is 5.32 Å². The van der Waals surface area contributed by atoms with Gasteiger partial charge >= 0.3 is 0 Å². The van der Waals surface area contributed by atoms with E-state index in [0.717, 1.165) is 11.4 Å². The molecule has 0 atom stereocenters. The van der Waals surface area contributed by atoms with E-state index in [1.165, 1.54) is 0 Å². The topological polar surface area (TPSA) is 35.9 Å². The Kier molecular flexibility index (Phi) is 3.26. The second-order valence-electron chi connectivity index (χ2n) is 3.05. The third-order valence-electron chi connectivity index (χ3n) is 1.57. The first-order valence-corrected chi connectivity index (χ1v) is 4.22. The fraction of sp³-hybridized carbons (Fsp3) is 0.182. The van der Waals surface area contributed by atoms with Crippen molar-refractivity contribution >= 4 is 11.4 Å². The van der Waals surface area contributed by atoms with Crippen molar-refractivity contribution in [1.29, 1.82) is 5.41 Å². The highest BCUT2D eigenvalue weighted by Crippen LogP contribution is 2.09. The molecule has 0 aliphatic carbocycles. The van der Waals surface area contributed by atoms with Gasteiger partial charge < -0.3 is 10.7 Å². The number of hydrogen-bond acceptors (Lipinski definition) is 2. The van der Waals surface area contributed by atoms with Crippen molar-refractivity contribution in [2.75, 3.05) is 5.32 Å². The maximum absolute atomic E-state index is 7.29. The van der Waals surface area contributed by atoms with E-state index in [0.29, 0.717) is 12.1 Å². The lowest BCUT2D eigenvalue weighted by atomic mass is 10.2. The third-order valence-corrected chi connectivity index (χ3v) is 1.57. The smallest absolute Gasteiger partial charge is 0.0381 e. The van der Waals surface area contributed by atoms with Gasteiger partial charge in [0.05, 0.1) is 0 Å². The SMILES string of the molecule is C=C(CC(C)=N)Nc1ccccc1. The molecule has 0 radical (unpaired) electrons. The van der Waals surface area contributed by atoms with Crippen LogP contribution in [-0.4, -0.2) is 5.71 Å². The molecule has 1 rings (SSSR count). The number of anilines is 1. The highest BCUT2D eigenvalue weighted by atomic mass is 14.9. The van der Waals surface area contributed by atoms with E-state index in [1.54, 1.807) is 6.92 Å². The van der Waals surface area contributed by atoms with Crippen LogP contribution in [0.3, 0.4) is 0 Å². The quantitative estimate of drug-likeness (QED) is 0.676. The Bertz CT molecular complexity index is 301. The van der Waals surface area contributed by atoms with Gasteiger partial charge in [-0.2, -0.15) is 0 Å². The number of allylic oxidation sites excluding steroid dienone is 1. The lowest BCUT2D eigenvalue weighted by Crippen LogP contribution is -2.01. The van der Waals surface area contributed by atoms with Crippen LogP contribution in [0, 0.1) is 5.41 Å². The van der Waals surface area contributed by atoms with Gasteiger partial charge in [-0.1, -0.05) is 24.8 Å². The maximum atomic E-state index is 7.29. The number of rotatable bonds is 4. The summed E-state index contributed by atoms with van der Waals surface area (Å²) in [5.74, 6) is 0. The van der Waals surface area contributed by atoms with E-state index in [-0.39, 0.29) is 0 Å². The summed E-state index contributed by atoms with van der Waals surface area (Å²) >= 11 is 0. The number of benzene rings is 1. The predicted octanol–water partition coefficient (Wildman–Crippen LogP) is 3.04. The van der Waals surface area contributed by atoms with E-state index >= 15 is 0 Å². The molecule has 68 valence electrons. The molecule has 0 spiro atoms. The molecule has 2 nitrogen and oxygen atoms in total. The van der Waals surface area contributed by atoms with Gasteiger partial charge in [0.25, 0.3) is 0 Å². The van der Waals surface area contributed by atoms with Gasteiger partial charge in [0.1, 0.15) is 0 Å². The molecule has 0 amide bonds. The first kappa shape index (κ1) is 9.52. The highest BCUT2D eigenvalue weighted by molar-refractivity contribution is 5.81. The Morgan fingerprint density at radius 1 is 1.38 bits per heavy atom. The maximum Gasteiger partial charge on any atom is 0.0381 e. The van der Waals surface area contributed by atoms with Crippen LogP contribution in [0.4, 0.5) is 5.69 Å². The first-order valence-electron chi connectivity index (χ1n) is 4.22. The number of hydrogen-bond donors (Lipinski definition) is 2. The molecule has 0 unspecified atom stereocenters. The monoisotopic (exact) mass is 174 g/mol. The van der Waals surface area contributed by atoms with Crippen LogP contribution in [-0.2, 0) is 0 Å². The highest BCUT2D eigenvalue weighted by Gasteiger charge is 1.95. The molecule has 0 heterocycles. The second-order valence-corrected chi connectivity index (χ2v) is 3.05. The summed E-state index contributed by atoms with van der Waals surface area (Å²) in [4.78, 5) is 0. The average Bonchev–Trinajstić information content (AvgIpc) is 2.04. The molecule has 1 aromatic rings. The Balaban J connectivity index is 2.50. The van der Waals surface area contributed by atoms with Gasteiger partial charge in [0, 0.05) is 23.5 Å².